The first-order valence-corrected chi connectivity index (χ1v) is 10.5. The molecule has 0 bridgehead atoms. The first-order chi connectivity index (χ1) is 8.68. The van der Waals surface area contributed by atoms with Crippen molar-refractivity contribution in [3.05, 3.63) is 28.8 Å². The Kier molecular flexibility index (Phi) is 4.96. The maximum atomic E-state index is 12.0. The van der Waals surface area contributed by atoms with Gasteiger partial charge in [0.1, 0.15) is 0 Å². The highest BCUT2D eigenvalue weighted by Gasteiger charge is 2.23. The SMILES string of the molecule is CCOC(=O)C(C)c1cc([Si](C)(C)C)cc(C)c1C. The Bertz CT molecular complexity index is 472. The van der Waals surface area contributed by atoms with Gasteiger partial charge in [0.25, 0.3) is 0 Å². The van der Waals surface area contributed by atoms with Crippen molar-refractivity contribution in [2.24, 2.45) is 0 Å². The molecule has 0 aromatic heterocycles. The third-order valence-corrected chi connectivity index (χ3v) is 5.70. The van der Waals surface area contributed by atoms with Crippen molar-refractivity contribution >= 4 is 19.2 Å². The predicted octanol–water partition coefficient (Wildman–Crippen LogP) is 3.52. The molecule has 0 aliphatic carbocycles. The van der Waals surface area contributed by atoms with Crippen LogP contribution in [0, 0.1) is 13.8 Å². The van der Waals surface area contributed by atoms with E-state index in [-0.39, 0.29) is 11.9 Å². The highest BCUT2D eigenvalue weighted by atomic mass is 28.3. The number of ether oxygens (including phenoxy) is 1. The molecule has 2 nitrogen and oxygen atoms in total. The van der Waals surface area contributed by atoms with Crippen molar-refractivity contribution in [2.75, 3.05) is 6.61 Å². The number of benzene rings is 1. The predicted molar refractivity (Wildman–Crippen MR) is 83.9 cm³/mol. The Morgan fingerprint density at radius 1 is 1.26 bits per heavy atom. The number of hydrogen-bond donors (Lipinski definition) is 0. The smallest absolute Gasteiger partial charge is 0.313 e. The lowest BCUT2D eigenvalue weighted by Gasteiger charge is -2.22. The van der Waals surface area contributed by atoms with Crippen LogP contribution in [0.1, 0.15) is 36.5 Å². The van der Waals surface area contributed by atoms with Crippen LogP contribution in [0.15, 0.2) is 12.1 Å². The Hall–Kier alpha value is -1.09. The normalized spacial score (nSPS) is 13.2. The van der Waals surface area contributed by atoms with Crippen molar-refractivity contribution in [3.63, 3.8) is 0 Å². The second-order valence-electron chi connectivity index (χ2n) is 6.23. The van der Waals surface area contributed by atoms with E-state index in [1.165, 1.54) is 16.3 Å². The molecule has 0 aliphatic rings. The van der Waals surface area contributed by atoms with Crippen molar-refractivity contribution in [1.82, 2.24) is 0 Å². The quantitative estimate of drug-likeness (QED) is 0.622. The molecule has 0 N–H and O–H groups in total. The van der Waals surface area contributed by atoms with E-state index >= 15 is 0 Å². The second kappa shape index (κ2) is 5.91. The topological polar surface area (TPSA) is 26.3 Å². The summed E-state index contributed by atoms with van der Waals surface area (Å²) >= 11 is 0. The zero-order valence-corrected chi connectivity index (χ0v) is 14.3. The maximum Gasteiger partial charge on any atom is 0.313 e. The summed E-state index contributed by atoms with van der Waals surface area (Å²) in [5.74, 6) is -0.312. The van der Waals surface area contributed by atoms with Crippen molar-refractivity contribution in [1.29, 1.82) is 0 Å². The molecular weight excluding hydrogens is 252 g/mol. The summed E-state index contributed by atoms with van der Waals surface area (Å²) in [6.45, 7) is 15.4. The molecule has 0 fully saturated rings. The molecule has 0 heterocycles. The van der Waals surface area contributed by atoms with Crippen LogP contribution in [0.25, 0.3) is 0 Å². The summed E-state index contributed by atoms with van der Waals surface area (Å²) in [6, 6.07) is 4.50. The van der Waals surface area contributed by atoms with Gasteiger partial charge in [-0.05, 0) is 44.4 Å². The molecule has 1 rings (SSSR count). The van der Waals surface area contributed by atoms with Crippen molar-refractivity contribution in [3.8, 4) is 0 Å². The van der Waals surface area contributed by atoms with Crippen LogP contribution in [-0.4, -0.2) is 20.7 Å². The average Bonchev–Trinajstić information content (AvgIpc) is 2.30. The fraction of sp³-hybridized carbons (Fsp3) is 0.562. The van der Waals surface area contributed by atoms with Crippen molar-refractivity contribution < 1.29 is 9.53 Å². The largest absolute Gasteiger partial charge is 0.466 e. The lowest BCUT2D eigenvalue weighted by atomic mass is 9.93. The number of aryl methyl sites for hydroxylation is 1. The standard InChI is InChI=1S/C16H26O2Si/c1-8-18-16(17)13(4)15-10-14(19(5,6)7)9-11(2)12(15)3/h9-10,13H,8H2,1-7H3. The van der Waals surface area contributed by atoms with Crippen LogP contribution in [0.3, 0.4) is 0 Å². The number of hydrogen-bond acceptors (Lipinski definition) is 2. The van der Waals surface area contributed by atoms with Gasteiger partial charge < -0.3 is 4.74 Å². The molecular formula is C16H26O2Si. The molecule has 0 spiro atoms. The minimum atomic E-state index is -1.37. The number of rotatable bonds is 4. The molecule has 0 aliphatic heterocycles. The number of esters is 1. The number of carbonyl (C=O) groups is 1. The summed E-state index contributed by atoms with van der Waals surface area (Å²) < 4.78 is 5.15. The third-order valence-electron chi connectivity index (χ3n) is 3.68. The third kappa shape index (κ3) is 3.69. The van der Waals surface area contributed by atoms with E-state index in [1.807, 2.05) is 13.8 Å². The van der Waals surface area contributed by atoms with Crippen LogP contribution >= 0.6 is 0 Å². The van der Waals surface area contributed by atoms with Gasteiger partial charge in [0, 0.05) is 0 Å². The molecule has 3 heteroatoms. The molecule has 1 aromatic carbocycles. The van der Waals surface area contributed by atoms with E-state index in [1.54, 1.807) is 0 Å². The molecule has 1 atom stereocenters. The van der Waals surface area contributed by atoms with Crippen LogP contribution in [-0.2, 0) is 9.53 Å². The highest BCUT2D eigenvalue weighted by molar-refractivity contribution is 6.88. The first-order valence-electron chi connectivity index (χ1n) is 6.96. The lowest BCUT2D eigenvalue weighted by molar-refractivity contribution is -0.144. The van der Waals surface area contributed by atoms with Gasteiger partial charge in [-0.3, -0.25) is 4.79 Å². The Morgan fingerprint density at radius 3 is 2.32 bits per heavy atom. The van der Waals surface area contributed by atoms with Gasteiger partial charge in [0.05, 0.1) is 20.6 Å². The summed E-state index contributed by atoms with van der Waals surface area (Å²) in [5, 5.41) is 1.40. The summed E-state index contributed by atoms with van der Waals surface area (Å²) in [5.41, 5.74) is 3.60. The Balaban J connectivity index is 3.27. The van der Waals surface area contributed by atoms with Crippen LogP contribution in [0.5, 0.6) is 0 Å². The van der Waals surface area contributed by atoms with Crippen LogP contribution in [0.4, 0.5) is 0 Å². The van der Waals surface area contributed by atoms with E-state index in [4.69, 9.17) is 4.74 Å². The molecule has 0 amide bonds. The molecule has 0 saturated carbocycles. The van der Waals surface area contributed by atoms with Gasteiger partial charge in [0.2, 0.25) is 0 Å². The fourth-order valence-corrected chi connectivity index (χ4v) is 3.40. The van der Waals surface area contributed by atoms with Gasteiger partial charge in [-0.15, -0.1) is 0 Å². The molecule has 106 valence electrons. The van der Waals surface area contributed by atoms with Crippen LogP contribution < -0.4 is 5.19 Å². The summed E-state index contributed by atoms with van der Waals surface area (Å²) in [7, 11) is -1.37. The van der Waals surface area contributed by atoms with E-state index in [0.717, 1.165) is 5.56 Å². The number of carbonyl (C=O) groups excluding carboxylic acids is 1. The van der Waals surface area contributed by atoms with Gasteiger partial charge in [-0.25, -0.2) is 0 Å². The van der Waals surface area contributed by atoms with Gasteiger partial charge in [0.15, 0.2) is 0 Å². The van der Waals surface area contributed by atoms with Gasteiger partial charge in [-0.2, -0.15) is 0 Å². The van der Waals surface area contributed by atoms with Gasteiger partial charge >= 0.3 is 5.97 Å². The fourth-order valence-electron chi connectivity index (χ4n) is 2.16. The summed E-state index contributed by atoms with van der Waals surface area (Å²) in [6.07, 6.45) is 0. The van der Waals surface area contributed by atoms with E-state index in [0.29, 0.717) is 6.61 Å². The first kappa shape index (κ1) is 16.0. The van der Waals surface area contributed by atoms with Crippen LogP contribution in [0.2, 0.25) is 19.6 Å². The molecule has 0 saturated heterocycles. The molecule has 1 unspecified atom stereocenters. The average molecular weight is 278 g/mol. The minimum Gasteiger partial charge on any atom is -0.466 e. The Morgan fingerprint density at radius 2 is 1.84 bits per heavy atom. The van der Waals surface area contributed by atoms with E-state index in [9.17, 15) is 4.79 Å². The molecule has 0 radical (unpaired) electrons. The monoisotopic (exact) mass is 278 g/mol. The van der Waals surface area contributed by atoms with E-state index in [2.05, 4.69) is 45.6 Å². The lowest BCUT2D eigenvalue weighted by Crippen LogP contribution is -2.38. The molecule has 19 heavy (non-hydrogen) atoms. The highest BCUT2D eigenvalue weighted by Crippen LogP contribution is 2.23. The zero-order valence-electron chi connectivity index (χ0n) is 13.3. The van der Waals surface area contributed by atoms with E-state index < -0.39 is 8.07 Å². The zero-order chi connectivity index (χ0) is 14.8. The van der Waals surface area contributed by atoms with Crippen molar-refractivity contribution in [2.45, 2.75) is 53.3 Å². The minimum absolute atomic E-state index is 0.127. The maximum absolute atomic E-state index is 12.0. The second-order valence-corrected chi connectivity index (χ2v) is 11.3. The molecule has 1 aromatic rings. The summed E-state index contributed by atoms with van der Waals surface area (Å²) in [4.78, 5) is 12.0. The van der Waals surface area contributed by atoms with Gasteiger partial charge in [-0.1, -0.05) is 37.0 Å². The Labute approximate surface area is 118 Å².